The molecule has 2 aromatic heterocycles. The van der Waals surface area contributed by atoms with Crippen LogP contribution in [0.25, 0.3) is 22.6 Å². The molecule has 5 heteroatoms. The molecule has 0 N–H and O–H groups in total. The third-order valence-corrected chi connectivity index (χ3v) is 7.94. The minimum atomic E-state index is 0.203. The molecule has 3 aliphatic rings. The number of carbonyl (C=O) groups is 1. The second-order valence-corrected chi connectivity index (χ2v) is 9.93. The number of rotatable bonds is 3. The van der Waals surface area contributed by atoms with Crippen LogP contribution in [0.15, 0.2) is 41.8 Å². The number of hydrogen-bond acceptors (Lipinski definition) is 4. The highest BCUT2D eigenvalue weighted by Gasteiger charge is 2.35. The fourth-order valence-corrected chi connectivity index (χ4v) is 6.24. The molecule has 0 spiro atoms. The molecule has 3 aromatic rings. The number of hydrogen-bond donors (Lipinski definition) is 0. The summed E-state index contributed by atoms with van der Waals surface area (Å²) in [4.78, 5) is 24.8. The van der Waals surface area contributed by atoms with Crippen molar-refractivity contribution in [1.82, 2.24) is 14.8 Å². The first-order valence-corrected chi connectivity index (χ1v) is 12.4. The monoisotopic (exact) mass is 429 g/mol. The van der Waals surface area contributed by atoms with Crippen LogP contribution in [0.1, 0.15) is 52.2 Å². The van der Waals surface area contributed by atoms with Crippen molar-refractivity contribution in [2.45, 2.75) is 38.1 Å². The Morgan fingerprint density at radius 2 is 1.94 bits per heavy atom. The number of pyridine rings is 1. The van der Waals surface area contributed by atoms with Gasteiger partial charge in [-0.2, -0.15) is 0 Å². The molecule has 4 nitrogen and oxygen atoms in total. The Bertz CT molecular complexity index is 1160. The van der Waals surface area contributed by atoms with Crippen LogP contribution >= 0.6 is 11.3 Å². The Morgan fingerprint density at radius 1 is 1.06 bits per heavy atom. The lowest BCUT2D eigenvalue weighted by Gasteiger charge is -2.24. The molecule has 4 heterocycles. The van der Waals surface area contributed by atoms with E-state index in [1.165, 1.54) is 36.4 Å². The second-order valence-electron chi connectivity index (χ2n) is 8.95. The number of aromatic nitrogens is 1. The number of para-hydroxylation sites is 1. The third-order valence-electron chi connectivity index (χ3n) is 7.12. The molecular weight excluding hydrogens is 402 g/mol. The molecule has 1 atom stereocenters. The van der Waals surface area contributed by atoms with Crippen molar-refractivity contribution in [3.63, 3.8) is 0 Å². The molecule has 158 valence electrons. The highest BCUT2D eigenvalue weighted by Crippen LogP contribution is 2.38. The van der Waals surface area contributed by atoms with Gasteiger partial charge >= 0.3 is 0 Å². The maximum Gasteiger partial charge on any atom is 0.254 e. The maximum absolute atomic E-state index is 13.9. The van der Waals surface area contributed by atoms with Crippen molar-refractivity contribution < 1.29 is 4.79 Å². The van der Waals surface area contributed by atoms with Crippen molar-refractivity contribution in [2.24, 2.45) is 0 Å². The van der Waals surface area contributed by atoms with Crippen molar-refractivity contribution >= 4 is 39.8 Å². The zero-order chi connectivity index (χ0) is 20.8. The van der Waals surface area contributed by atoms with Crippen molar-refractivity contribution in [3.8, 4) is 0 Å². The van der Waals surface area contributed by atoms with Gasteiger partial charge in [-0.15, -0.1) is 11.3 Å². The number of benzene rings is 1. The number of thiophene rings is 1. The van der Waals surface area contributed by atoms with Crippen molar-refractivity contribution in [2.75, 3.05) is 26.2 Å². The Labute approximate surface area is 187 Å². The molecule has 2 fully saturated rings. The fraction of sp³-hybridized carbons (Fsp3) is 0.385. The molecule has 31 heavy (non-hydrogen) atoms. The summed E-state index contributed by atoms with van der Waals surface area (Å²) in [6, 6.07) is 12.9. The zero-order valence-electron chi connectivity index (χ0n) is 17.7. The van der Waals surface area contributed by atoms with E-state index in [1.807, 2.05) is 18.2 Å². The van der Waals surface area contributed by atoms with Crippen LogP contribution < -0.4 is 0 Å². The lowest BCUT2D eigenvalue weighted by atomic mass is 9.99. The van der Waals surface area contributed by atoms with Gasteiger partial charge in [0.25, 0.3) is 5.91 Å². The molecule has 1 aliphatic carbocycles. The van der Waals surface area contributed by atoms with E-state index in [0.717, 1.165) is 60.1 Å². The number of amides is 1. The van der Waals surface area contributed by atoms with Gasteiger partial charge in [0.15, 0.2) is 0 Å². The first-order chi connectivity index (χ1) is 15.3. The first-order valence-electron chi connectivity index (χ1n) is 11.5. The van der Waals surface area contributed by atoms with E-state index < -0.39 is 0 Å². The molecule has 6 rings (SSSR count). The maximum atomic E-state index is 13.9. The average molecular weight is 430 g/mol. The quantitative estimate of drug-likeness (QED) is 0.582. The summed E-state index contributed by atoms with van der Waals surface area (Å²) in [5, 5.41) is 3.11. The van der Waals surface area contributed by atoms with Crippen molar-refractivity contribution in [3.05, 3.63) is 63.5 Å². The molecule has 0 bridgehead atoms. The van der Waals surface area contributed by atoms with E-state index in [0.29, 0.717) is 6.04 Å². The third kappa shape index (κ3) is 3.40. The minimum absolute atomic E-state index is 0.203. The van der Waals surface area contributed by atoms with Gasteiger partial charge in [-0.05, 0) is 79.9 Å². The van der Waals surface area contributed by atoms with Gasteiger partial charge in [0.1, 0.15) is 0 Å². The highest BCUT2D eigenvalue weighted by atomic mass is 32.1. The van der Waals surface area contributed by atoms with Gasteiger partial charge in [0, 0.05) is 29.4 Å². The number of allylic oxidation sites excluding steroid dienone is 1. The zero-order valence-corrected chi connectivity index (χ0v) is 18.5. The number of likely N-dealkylation sites (tertiary alicyclic amines) is 2. The fourth-order valence-electron chi connectivity index (χ4n) is 5.56. The highest BCUT2D eigenvalue weighted by molar-refractivity contribution is 7.10. The summed E-state index contributed by atoms with van der Waals surface area (Å²) in [7, 11) is 0. The molecule has 0 saturated carbocycles. The molecule has 1 unspecified atom stereocenters. The van der Waals surface area contributed by atoms with E-state index >= 15 is 0 Å². The lowest BCUT2D eigenvalue weighted by Crippen LogP contribution is -2.37. The summed E-state index contributed by atoms with van der Waals surface area (Å²) >= 11 is 1.75. The standard InChI is InChI=1S/C26H27N3OS/c30-26(29-14-11-19(17-29)28-12-3-4-13-28)24-21-7-1-2-8-23(21)27-25-18(9-10-22(24)25)16-20-6-5-15-31-20/h1-2,5-8,15-16,19H,3-4,9-14,17H2/b18-16-. The van der Waals surface area contributed by atoms with Crippen LogP contribution in [0, 0.1) is 0 Å². The summed E-state index contributed by atoms with van der Waals surface area (Å²) in [5.74, 6) is 0.203. The van der Waals surface area contributed by atoms with Crippen LogP contribution in [0.3, 0.4) is 0 Å². The first kappa shape index (κ1) is 19.2. The van der Waals surface area contributed by atoms with E-state index in [2.05, 4.69) is 39.5 Å². The van der Waals surface area contributed by atoms with Crippen LogP contribution in [-0.4, -0.2) is 52.9 Å². The summed E-state index contributed by atoms with van der Waals surface area (Å²) in [6.45, 7) is 4.11. The predicted octanol–water partition coefficient (Wildman–Crippen LogP) is 5.09. The molecule has 2 aliphatic heterocycles. The molecule has 2 saturated heterocycles. The normalized spacial score (nSPS) is 22.6. The molecule has 1 amide bonds. The van der Waals surface area contributed by atoms with Gasteiger partial charge in [-0.1, -0.05) is 24.3 Å². The van der Waals surface area contributed by atoms with Crippen LogP contribution in [0.5, 0.6) is 0 Å². The van der Waals surface area contributed by atoms with Crippen LogP contribution in [-0.2, 0) is 6.42 Å². The van der Waals surface area contributed by atoms with Gasteiger partial charge in [-0.3, -0.25) is 9.69 Å². The Morgan fingerprint density at radius 3 is 2.77 bits per heavy atom. The largest absolute Gasteiger partial charge is 0.337 e. The van der Waals surface area contributed by atoms with E-state index in [4.69, 9.17) is 4.98 Å². The van der Waals surface area contributed by atoms with Gasteiger partial charge in [0.2, 0.25) is 0 Å². The minimum Gasteiger partial charge on any atom is -0.337 e. The predicted molar refractivity (Wildman–Crippen MR) is 127 cm³/mol. The van der Waals surface area contributed by atoms with E-state index in [1.54, 1.807) is 11.3 Å². The van der Waals surface area contributed by atoms with Gasteiger partial charge < -0.3 is 4.90 Å². The Kier molecular flexibility index (Phi) is 4.88. The van der Waals surface area contributed by atoms with Crippen LogP contribution in [0.2, 0.25) is 0 Å². The topological polar surface area (TPSA) is 36.4 Å². The molecular formula is C26H27N3OS. The Balaban J connectivity index is 1.40. The molecule has 1 aromatic carbocycles. The number of fused-ring (bicyclic) bond motifs is 2. The smallest absolute Gasteiger partial charge is 0.254 e. The molecule has 0 radical (unpaired) electrons. The lowest BCUT2D eigenvalue weighted by molar-refractivity contribution is 0.0781. The average Bonchev–Trinajstić information content (AvgIpc) is 3.60. The summed E-state index contributed by atoms with van der Waals surface area (Å²) in [5.41, 5.74) is 5.27. The van der Waals surface area contributed by atoms with Crippen molar-refractivity contribution in [1.29, 1.82) is 0 Å². The van der Waals surface area contributed by atoms with E-state index in [-0.39, 0.29) is 5.91 Å². The SMILES string of the molecule is O=C(c1c2c(nc3ccccc13)/C(=C\c1cccs1)CC2)N1CCC(N2CCCC2)C1. The summed E-state index contributed by atoms with van der Waals surface area (Å²) in [6.07, 6.45) is 7.80. The number of nitrogens with zero attached hydrogens (tertiary/aromatic N) is 3. The van der Waals surface area contributed by atoms with Gasteiger partial charge in [0.05, 0.1) is 16.8 Å². The van der Waals surface area contributed by atoms with Gasteiger partial charge in [-0.25, -0.2) is 4.98 Å². The Hall–Kier alpha value is -2.50. The van der Waals surface area contributed by atoms with E-state index in [9.17, 15) is 4.79 Å². The number of carbonyl (C=O) groups excluding carboxylic acids is 1. The van der Waals surface area contributed by atoms with Crippen LogP contribution in [0.4, 0.5) is 0 Å². The second kappa shape index (κ2) is 7.88. The summed E-state index contributed by atoms with van der Waals surface area (Å²) < 4.78 is 0.